The number of sulfonamides is 1. The van der Waals surface area contributed by atoms with Crippen molar-refractivity contribution in [3.05, 3.63) is 30.3 Å². The molecule has 22 heavy (non-hydrogen) atoms. The quantitative estimate of drug-likeness (QED) is 0.795. The molecule has 6 nitrogen and oxygen atoms in total. The van der Waals surface area contributed by atoms with E-state index in [-0.39, 0.29) is 24.3 Å². The minimum Gasteiger partial charge on any atom is -0.378 e. The van der Waals surface area contributed by atoms with E-state index in [2.05, 4.69) is 10.0 Å². The molecule has 0 aliphatic carbocycles. The zero-order valence-corrected chi connectivity index (χ0v) is 13.3. The predicted octanol–water partition coefficient (Wildman–Crippen LogP) is 1.50. The first-order valence-corrected chi connectivity index (χ1v) is 9.14. The Labute approximate surface area is 131 Å². The Morgan fingerprint density at radius 2 is 2.00 bits per heavy atom. The Morgan fingerprint density at radius 1 is 1.23 bits per heavy atom. The van der Waals surface area contributed by atoms with Crippen molar-refractivity contribution in [2.45, 2.75) is 31.8 Å². The molecule has 122 valence electrons. The second-order valence-electron chi connectivity index (χ2n) is 5.33. The average molecular weight is 326 g/mol. The van der Waals surface area contributed by atoms with Crippen molar-refractivity contribution in [1.29, 1.82) is 0 Å². The van der Waals surface area contributed by atoms with Crippen LogP contribution in [0.3, 0.4) is 0 Å². The fraction of sp³-hybridized carbons (Fsp3) is 0.533. The van der Waals surface area contributed by atoms with Crippen LogP contribution in [0.5, 0.6) is 0 Å². The molecule has 0 aromatic heterocycles. The molecule has 0 bridgehead atoms. The standard InChI is InChI=1S/C15H22N2O4S/c18-15(12-14-8-4-5-10-21-14)16-9-11-22(19,20)17-13-6-2-1-3-7-13/h1-3,6-7,14,17H,4-5,8-12H2,(H,16,18). The van der Waals surface area contributed by atoms with E-state index in [1.54, 1.807) is 24.3 Å². The molecule has 0 spiro atoms. The number of benzene rings is 1. The number of hydrogen-bond acceptors (Lipinski definition) is 4. The monoisotopic (exact) mass is 326 g/mol. The van der Waals surface area contributed by atoms with Crippen LogP contribution < -0.4 is 10.0 Å². The van der Waals surface area contributed by atoms with Crippen LogP contribution in [-0.2, 0) is 19.6 Å². The van der Waals surface area contributed by atoms with E-state index >= 15 is 0 Å². The predicted molar refractivity (Wildman–Crippen MR) is 85.1 cm³/mol. The summed E-state index contributed by atoms with van der Waals surface area (Å²) in [5.41, 5.74) is 0.518. The fourth-order valence-electron chi connectivity index (χ4n) is 2.31. The van der Waals surface area contributed by atoms with Gasteiger partial charge >= 0.3 is 0 Å². The number of para-hydroxylation sites is 1. The van der Waals surface area contributed by atoms with E-state index < -0.39 is 10.0 Å². The van der Waals surface area contributed by atoms with E-state index in [1.165, 1.54) is 0 Å². The van der Waals surface area contributed by atoms with Gasteiger partial charge in [-0.3, -0.25) is 9.52 Å². The molecule has 2 N–H and O–H groups in total. The van der Waals surface area contributed by atoms with Gasteiger partial charge < -0.3 is 10.1 Å². The SMILES string of the molecule is O=C(CC1CCCCO1)NCCS(=O)(=O)Nc1ccccc1. The highest BCUT2D eigenvalue weighted by Gasteiger charge is 2.18. The van der Waals surface area contributed by atoms with Crippen LogP contribution in [0.15, 0.2) is 30.3 Å². The Hall–Kier alpha value is -1.60. The van der Waals surface area contributed by atoms with Crippen LogP contribution in [0.1, 0.15) is 25.7 Å². The summed E-state index contributed by atoms with van der Waals surface area (Å²) in [5.74, 6) is -0.319. The zero-order valence-electron chi connectivity index (χ0n) is 12.5. The molecule has 7 heteroatoms. The average Bonchev–Trinajstić information content (AvgIpc) is 2.48. The summed E-state index contributed by atoms with van der Waals surface area (Å²) in [4.78, 5) is 11.7. The van der Waals surface area contributed by atoms with Crippen LogP contribution in [0.4, 0.5) is 5.69 Å². The van der Waals surface area contributed by atoms with Gasteiger partial charge in [0.15, 0.2) is 0 Å². The molecular formula is C15H22N2O4S. The van der Waals surface area contributed by atoms with Gasteiger partial charge in [-0.05, 0) is 31.4 Å². The molecule has 1 aliphatic rings. The van der Waals surface area contributed by atoms with Crippen molar-refractivity contribution in [2.24, 2.45) is 0 Å². The first-order valence-electron chi connectivity index (χ1n) is 7.49. The van der Waals surface area contributed by atoms with Gasteiger partial charge in [-0.2, -0.15) is 0 Å². The lowest BCUT2D eigenvalue weighted by atomic mass is 10.1. The summed E-state index contributed by atoms with van der Waals surface area (Å²) in [6.07, 6.45) is 3.27. The summed E-state index contributed by atoms with van der Waals surface area (Å²) in [5, 5.41) is 2.63. The number of carbonyl (C=O) groups is 1. The number of amides is 1. The first-order chi connectivity index (χ1) is 10.6. The van der Waals surface area contributed by atoms with Crippen molar-refractivity contribution in [1.82, 2.24) is 5.32 Å². The number of ether oxygens (including phenoxy) is 1. The third-order valence-corrected chi connectivity index (χ3v) is 4.72. The molecule has 2 rings (SSSR count). The second kappa shape index (κ2) is 8.14. The number of nitrogens with one attached hydrogen (secondary N) is 2. The zero-order chi connectivity index (χ0) is 15.8. The third kappa shape index (κ3) is 6.03. The van der Waals surface area contributed by atoms with Gasteiger partial charge in [0.25, 0.3) is 0 Å². The lowest BCUT2D eigenvalue weighted by Crippen LogP contribution is -2.34. The van der Waals surface area contributed by atoms with Crippen molar-refractivity contribution in [2.75, 3.05) is 23.6 Å². The molecule has 1 aliphatic heterocycles. The molecule has 0 radical (unpaired) electrons. The number of anilines is 1. The van der Waals surface area contributed by atoms with Crippen molar-refractivity contribution >= 4 is 21.6 Å². The van der Waals surface area contributed by atoms with Crippen molar-refractivity contribution < 1.29 is 17.9 Å². The summed E-state index contributed by atoms with van der Waals surface area (Å²) in [6.45, 7) is 0.793. The lowest BCUT2D eigenvalue weighted by molar-refractivity contribution is -0.124. The van der Waals surface area contributed by atoms with E-state index in [1.807, 2.05) is 6.07 Å². The third-order valence-electron chi connectivity index (χ3n) is 3.43. The molecule has 1 aromatic rings. The number of carbonyl (C=O) groups excluding carboxylic acids is 1. The molecule has 1 aromatic carbocycles. The van der Waals surface area contributed by atoms with Crippen LogP contribution in [0, 0.1) is 0 Å². The van der Waals surface area contributed by atoms with Gasteiger partial charge in [0.1, 0.15) is 0 Å². The molecule has 1 heterocycles. The van der Waals surface area contributed by atoms with Crippen LogP contribution >= 0.6 is 0 Å². The molecule has 1 atom stereocenters. The summed E-state index contributed by atoms with van der Waals surface area (Å²) < 4.78 is 31.7. The molecular weight excluding hydrogens is 304 g/mol. The number of hydrogen-bond donors (Lipinski definition) is 2. The van der Waals surface area contributed by atoms with E-state index in [9.17, 15) is 13.2 Å². The Kier molecular flexibility index (Phi) is 6.21. The van der Waals surface area contributed by atoms with Gasteiger partial charge in [-0.25, -0.2) is 8.42 Å². The summed E-state index contributed by atoms with van der Waals surface area (Å²) >= 11 is 0. The summed E-state index contributed by atoms with van der Waals surface area (Å²) in [7, 11) is -3.46. The van der Waals surface area contributed by atoms with E-state index in [0.717, 1.165) is 19.3 Å². The highest BCUT2D eigenvalue weighted by atomic mass is 32.2. The van der Waals surface area contributed by atoms with Gasteiger partial charge in [0.2, 0.25) is 15.9 Å². The van der Waals surface area contributed by atoms with E-state index in [4.69, 9.17) is 4.74 Å². The molecule has 1 amide bonds. The van der Waals surface area contributed by atoms with E-state index in [0.29, 0.717) is 18.7 Å². The maximum Gasteiger partial charge on any atom is 0.234 e. The number of rotatable bonds is 7. The molecule has 1 unspecified atom stereocenters. The Balaban J connectivity index is 1.69. The van der Waals surface area contributed by atoms with Gasteiger partial charge in [-0.15, -0.1) is 0 Å². The topological polar surface area (TPSA) is 84.5 Å². The summed E-state index contributed by atoms with van der Waals surface area (Å²) in [6, 6.07) is 8.67. The minimum atomic E-state index is -3.46. The molecule has 1 fully saturated rings. The largest absolute Gasteiger partial charge is 0.378 e. The Morgan fingerprint density at radius 3 is 2.68 bits per heavy atom. The highest BCUT2D eigenvalue weighted by Crippen LogP contribution is 2.15. The lowest BCUT2D eigenvalue weighted by Gasteiger charge is -2.21. The maximum absolute atomic E-state index is 11.9. The van der Waals surface area contributed by atoms with Crippen LogP contribution in [0.25, 0.3) is 0 Å². The van der Waals surface area contributed by atoms with Crippen LogP contribution in [-0.4, -0.2) is 39.3 Å². The first kappa shape index (κ1) is 16.8. The maximum atomic E-state index is 11.9. The highest BCUT2D eigenvalue weighted by molar-refractivity contribution is 7.92. The van der Waals surface area contributed by atoms with Crippen molar-refractivity contribution in [3.63, 3.8) is 0 Å². The van der Waals surface area contributed by atoms with Crippen molar-refractivity contribution in [3.8, 4) is 0 Å². The molecule has 1 saturated heterocycles. The molecule has 0 saturated carbocycles. The Bertz CT molecular complexity index is 568. The van der Waals surface area contributed by atoms with Gasteiger partial charge in [0.05, 0.1) is 18.3 Å². The van der Waals surface area contributed by atoms with Gasteiger partial charge in [0, 0.05) is 18.8 Å². The van der Waals surface area contributed by atoms with Gasteiger partial charge in [-0.1, -0.05) is 18.2 Å². The normalized spacial score (nSPS) is 18.6. The fourth-order valence-corrected chi connectivity index (χ4v) is 3.28. The smallest absolute Gasteiger partial charge is 0.234 e. The minimum absolute atomic E-state index is 0.0344. The second-order valence-corrected chi connectivity index (χ2v) is 7.17. The van der Waals surface area contributed by atoms with Crippen LogP contribution in [0.2, 0.25) is 0 Å².